The van der Waals surface area contributed by atoms with Crippen LogP contribution in [0.4, 0.5) is 5.69 Å². The Morgan fingerprint density at radius 3 is 2.68 bits per heavy atom. The van der Waals surface area contributed by atoms with Gasteiger partial charge in [-0.2, -0.15) is 0 Å². The summed E-state index contributed by atoms with van der Waals surface area (Å²) in [7, 11) is 2.18. The molecule has 2 fully saturated rings. The van der Waals surface area contributed by atoms with E-state index in [4.69, 9.17) is 4.98 Å². The zero-order valence-electron chi connectivity index (χ0n) is 22.3. The molecule has 1 aromatic carbocycles. The first-order chi connectivity index (χ1) is 17.8. The van der Waals surface area contributed by atoms with Crippen molar-refractivity contribution in [2.75, 3.05) is 32.0 Å². The molecule has 196 valence electrons. The molecular weight excluding hydrogens is 482 g/mol. The molecule has 1 unspecified atom stereocenters. The number of thiazole rings is 1. The molecule has 1 N–H and O–H groups in total. The molecule has 0 bridgehead atoms. The van der Waals surface area contributed by atoms with Crippen LogP contribution in [0.15, 0.2) is 30.5 Å². The number of pyridine rings is 1. The van der Waals surface area contributed by atoms with Gasteiger partial charge in [-0.25, -0.2) is 4.98 Å². The van der Waals surface area contributed by atoms with Crippen LogP contribution in [0.25, 0.3) is 10.2 Å². The minimum atomic E-state index is -0.605. The number of piperidine rings is 2. The van der Waals surface area contributed by atoms with Crippen LogP contribution >= 0.6 is 11.3 Å². The largest absolute Gasteiger partial charge is 0.327 e. The summed E-state index contributed by atoms with van der Waals surface area (Å²) >= 11 is 1.80. The Labute approximate surface area is 223 Å². The number of likely N-dealkylation sites (tertiary alicyclic amines) is 2. The van der Waals surface area contributed by atoms with Gasteiger partial charge >= 0.3 is 11.8 Å². The van der Waals surface area contributed by atoms with Gasteiger partial charge in [0.25, 0.3) is 0 Å². The fourth-order valence-electron chi connectivity index (χ4n) is 5.64. The van der Waals surface area contributed by atoms with Gasteiger partial charge in [0, 0.05) is 18.2 Å². The summed E-state index contributed by atoms with van der Waals surface area (Å²) < 4.78 is 1.19. The number of nitrogens with one attached hydrogen (secondary N) is 1. The highest BCUT2D eigenvalue weighted by molar-refractivity contribution is 7.18. The van der Waals surface area contributed by atoms with Crippen LogP contribution in [0.1, 0.15) is 73.3 Å². The Morgan fingerprint density at radius 1 is 1.14 bits per heavy atom. The molecule has 2 amide bonds. The van der Waals surface area contributed by atoms with Crippen molar-refractivity contribution in [1.82, 2.24) is 19.8 Å². The molecule has 3 aromatic rings. The molecule has 0 saturated carbocycles. The second-order valence-electron chi connectivity index (χ2n) is 10.8. The van der Waals surface area contributed by atoms with Gasteiger partial charge < -0.3 is 15.1 Å². The molecule has 8 heteroatoms. The van der Waals surface area contributed by atoms with Crippen molar-refractivity contribution in [2.45, 2.75) is 64.8 Å². The minimum Gasteiger partial charge on any atom is -0.327 e. The molecule has 2 aliphatic heterocycles. The van der Waals surface area contributed by atoms with Crippen LogP contribution in [-0.2, 0) is 16.0 Å². The van der Waals surface area contributed by atoms with Crippen LogP contribution in [0.3, 0.4) is 0 Å². The third-order valence-electron chi connectivity index (χ3n) is 7.98. The molecule has 0 spiro atoms. The standard InChI is InChI=1S/C29H37N5O2S/c1-5-20-14-23(16-30-19(20)3)31-27(35)29(36)34-17-18(2)6-8-25(34)22-7-9-26-24(15-22)32-28(37-26)21-10-12-33(4)13-11-21/h7,9,14-16,18,21,25H,5-6,8,10-13,17H2,1-4H3,(H,31,35)/t18-,25?/m0/s1. The maximum absolute atomic E-state index is 13.4. The molecule has 2 aromatic heterocycles. The van der Waals surface area contributed by atoms with Gasteiger partial charge in [0.15, 0.2) is 0 Å². The molecule has 4 heterocycles. The molecule has 0 aliphatic carbocycles. The number of aryl methyl sites for hydroxylation is 2. The Balaban J connectivity index is 1.36. The van der Waals surface area contributed by atoms with E-state index in [0.717, 1.165) is 67.5 Å². The number of benzene rings is 1. The Kier molecular flexibility index (Phi) is 7.58. The van der Waals surface area contributed by atoms with Crippen molar-refractivity contribution in [3.05, 3.63) is 52.3 Å². The summed E-state index contributed by atoms with van der Waals surface area (Å²) in [6, 6.07) is 8.18. The molecule has 0 radical (unpaired) electrons. The van der Waals surface area contributed by atoms with Gasteiger partial charge in [-0.3, -0.25) is 14.6 Å². The number of anilines is 1. The number of carbonyl (C=O) groups is 2. The number of amides is 2. The van der Waals surface area contributed by atoms with Crippen molar-refractivity contribution in [2.24, 2.45) is 5.92 Å². The molecule has 5 rings (SSSR count). The van der Waals surface area contributed by atoms with E-state index < -0.39 is 11.8 Å². The summed E-state index contributed by atoms with van der Waals surface area (Å²) in [5.74, 6) is -0.217. The first-order valence-corrected chi connectivity index (χ1v) is 14.3. The van der Waals surface area contributed by atoms with E-state index in [-0.39, 0.29) is 6.04 Å². The maximum atomic E-state index is 13.4. The highest BCUT2D eigenvalue weighted by Gasteiger charge is 2.34. The predicted molar refractivity (Wildman–Crippen MR) is 149 cm³/mol. The third kappa shape index (κ3) is 5.55. The van der Waals surface area contributed by atoms with Crippen molar-refractivity contribution >= 4 is 39.1 Å². The summed E-state index contributed by atoms with van der Waals surface area (Å²) in [6.07, 6.45) is 6.60. The summed E-state index contributed by atoms with van der Waals surface area (Å²) in [4.78, 5) is 40.0. The van der Waals surface area contributed by atoms with E-state index in [2.05, 4.69) is 54.3 Å². The quantitative estimate of drug-likeness (QED) is 0.473. The van der Waals surface area contributed by atoms with Gasteiger partial charge in [0.1, 0.15) is 0 Å². The lowest BCUT2D eigenvalue weighted by molar-refractivity contribution is -0.146. The fourth-order valence-corrected chi connectivity index (χ4v) is 6.76. The molecule has 2 aliphatic rings. The smallest absolute Gasteiger partial charge is 0.313 e. The number of carbonyl (C=O) groups excluding carboxylic acids is 2. The van der Waals surface area contributed by atoms with Crippen molar-refractivity contribution in [3.8, 4) is 0 Å². The first kappa shape index (κ1) is 25.8. The second-order valence-corrected chi connectivity index (χ2v) is 11.9. The summed E-state index contributed by atoms with van der Waals surface area (Å²) in [5, 5.41) is 4.02. The summed E-state index contributed by atoms with van der Waals surface area (Å²) in [6.45, 7) is 8.94. The average Bonchev–Trinajstić information content (AvgIpc) is 3.33. The van der Waals surface area contributed by atoms with Gasteiger partial charge in [-0.15, -0.1) is 11.3 Å². The van der Waals surface area contributed by atoms with Crippen LogP contribution in [-0.4, -0.2) is 58.3 Å². The number of hydrogen-bond acceptors (Lipinski definition) is 6. The maximum Gasteiger partial charge on any atom is 0.313 e. The lowest BCUT2D eigenvalue weighted by atomic mass is 9.89. The van der Waals surface area contributed by atoms with Gasteiger partial charge in [-0.05, 0) is 94.4 Å². The van der Waals surface area contributed by atoms with Crippen LogP contribution in [0.5, 0.6) is 0 Å². The molecule has 7 nitrogen and oxygen atoms in total. The molecule has 2 saturated heterocycles. The predicted octanol–water partition coefficient (Wildman–Crippen LogP) is 5.31. The topological polar surface area (TPSA) is 78.4 Å². The monoisotopic (exact) mass is 519 g/mol. The number of hydrogen-bond donors (Lipinski definition) is 1. The first-order valence-electron chi connectivity index (χ1n) is 13.5. The molecule has 2 atom stereocenters. The Bertz CT molecular complexity index is 1300. The lowest BCUT2D eigenvalue weighted by Crippen LogP contribution is -2.46. The normalized spacial score (nSPS) is 21.4. The van der Waals surface area contributed by atoms with Gasteiger partial charge in [0.05, 0.1) is 33.2 Å². The Hall–Kier alpha value is -2.84. The lowest BCUT2D eigenvalue weighted by Gasteiger charge is -2.38. The van der Waals surface area contributed by atoms with Crippen molar-refractivity contribution in [3.63, 3.8) is 0 Å². The fraction of sp³-hybridized carbons (Fsp3) is 0.517. The number of aromatic nitrogens is 2. The Morgan fingerprint density at radius 2 is 1.92 bits per heavy atom. The number of rotatable bonds is 4. The zero-order valence-corrected chi connectivity index (χ0v) is 23.1. The minimum absolute atomic E-state index is 0.130. The van der Waals surface area contributed by atoms with Crippen LogP contribution < -0.4 is 5.32 Å². The van der Waals surface area contributed by atoms with E-state index in [1.807, 2.05) is 13.0 Å². The van der Waals surface area contributed by atoms with Crippen LogP contribution in [0, 0.1) is 12.8 Å². The van der Waals surface area contributed by atoms with E-state index in [1.54, 1.807) is 22.4 Å². The van der Waals surface area contributed by atoms with Crippen LogP contribution in [0.2, 0.25) is 0 Å². The molecular formula is C29H37N5O2S. The third-order valence-corrected chi connectivity index (χ3v) is 9.18. The second kappa shape index (κ2) is 10.9. The SMILES string of the molecule is CCc1cc(NC(=O)C(=O)N2C[C@@H](C)CCC2c2ccc3sc(C4CCN(C)CC4)nc3c2)cnc1C. The van der Waals surface area contributed by atoms with Crippen molar-refractivity contribution in [1.29, 1.82) is 0 Å². The van der Waals surface area contributed by atoms with E-state index in [0.29, 0.717) is 24.1 Å². The van der Waals surface area contributed by atoms with Crippen molar-refractivity contribution < 1.29 is 9.59 Å². The highest BCUT2D eigenvalue weighted by atomic mass is 32.1. The van der Waals surface area contributed by atoms with E-state index >= 15 is 0 Å². The summed E-state index contributed by atoms with van der Waals surface area (Å²) in [5.41, 5.74) is 4.63. The van der Waals surface area contributed by atoms with E-state index in [1.165, 1.54) is 9.71 Å². The highest BCUT2D eigenvalue weighted by Crippen LogP contribution is 2.38. The van der Waals surface area contributed by atoms with E-state index in [9.17, 15) is 9.59 Å². The zero-order chi connectivity index (χ0) is 26.1. The van der Waals surface area contributed by atoms with Gasteiger partial charge in [-0.1, -0.05) is 19.9 Å². The number of nitrogens with zero attached hydrogens (tertiary/aromatic N) is 4. The van der Waals surface area contributed by atoms with Gasteiger partial charge in [0.2, 0.25) is 0 Å². The average molecular weight is 520 g/mol. The molecule has 37 heavy (non-hydrogen) atoms. The number of fused-ring (bicyclic) bond motifs is 1.